The maximum atomic E-state index is 14.2. The van der Waals surface area contributed by atoms with E-state index < -0.39 is 20.0 Å². The van der Waals surface area contributed by atoms with Crippen LogP contribution < -0.4 is 9.80 Å². The van der Waals surface area contributed by atoms with E-state index in [-0.39, 0.29) is 29.9 Å². The highest BCUT2D eigenvalue weighted by Gasteiger charge is 2.65. The molecule has 2 N–H and O–H groups in total. The van der Waals surface area contributed by atoms with Crippen molar-refractivity contribution in [2.45, 2.75) is 56.1 Å². The molecule has 2 amide bonds. The molecule has 1 saturated heterocycles. The second-order valence-corrected chi connectivity index (χ2v) is 16.6. The van der Waals surface area contributed by atoms with Crippen molar-refractivity contribution in [1.82, 2.24) is 15.0 Å². The van der Waals surface area contributed by atoms with Gasteiger partial charge in [-0.15, -0.1) is 5.10 Å². The zero-order valence-corrected chi connectivity index (χ0v) is 26.9. The highest BCUT2D eigenvalue weighted by molar-refractivity contribution is 6.71. The van der Waals surface area contributed by atoms with Gasteiger partial charge in [-0.25, -0.2) is 0 Å². The van der Waals surface area contributed by atoms with Gasteiger partial charge in [0.15, 0.2) is 13.9 Å². The van der Waals surface area contributed by atoms with E-state index in [9.17, 15) is 19.5 Å². The Bertz CT molecular complexity index is 1680. The number of aliphatic hydroxyl groups is 1. The number of aliphatic hydroxyl groups excluding tert-OH is 1. The smallest absolute Gasteiger partial charge is 0.264 e. The van der Waals surface area contributed by atoms with Crippen LogP contribution in [-0.4, -0.2) is 65.3 Å². The molecule has 0 radical (unpaired) electrons. The number of para-hydroxylation sites is 1. The van der Waals surface area contributed by atoms with Gasteiger partial charge in [-0.05, 0) is 55.4 Å². The summed E-state index contributed by atoms with van der Waals surface area (Å²) >= 11 is 0. The van der Waals surface area contributed by atoms with E-state index in [0.29, 0.717) is 35.6 Å². The number of likely N-dealkylation sites (N-methyl/N-ethyl adjacent to an activating group) is 1. The zero-order valence-electron chi connectivity index (χ0n) is 25.9. The lowest BCUT2D eigenvalue weighted by atomic mass is 9.82. The molecule has 11 heteroatoms. The van der Waals surface area contributed by atoms with Crippen LogP contribution in [0.3, 0.4) is 0 Å². The molecule has 45 heavy (non-hydrogen) atoms. The molecule has 1 unspecified atom stereocenters. The number of carbonyl (C=O) groups excluding carboxylic acids is 2. The van der Waals surface area contributed by atoms with E-state index in [1.807, 2.05) is 105 Å². The van der Waals surface area contributed by atoms with Crippen LogP contribution in [0.25, 0.3) is 0 Å². The second kappa shape index (κ2) is 12.0. The molecule has 1 fully saturated rings. The van der Waals surface area contributed by atoms with Gasteiger partial charge in [0.2, 0.25) is 6.41 Å². The Hall–Kier alpha value is -4.16. The van der Waals surface area contributed by atoms with Gasteiger partial charge in [0, 0.05) is 48.2 Å². The summed E-state index contributed by atoms with van der Waals surface area (Å²) in [7, 11) is -1.11. The van der Waals surface area contributed by atoms with Crippen LogP contribution in [0.4, 0.5) is 17.1 Å². The fraction of sp³-hybridized carbons (Fsp3) is 0.353. The topological polar surface area (TPSA) is 121 Å². The van der Waals surface area contributed by atoms with Crippen LogP contribution >= 0.6 is 0 Å². The van der Waals surface area contributed by atoms with E-state index in [0.717, 1.165) is 17.7 Å². The minimum atomic E-state index is -2.85. The first-order chi connectivity index (χ1) is 21.6. The van der Waals surface area contributed by atoms with E-state index in [1.54, 1.807) is 21.5 Å². The van der Waals surface area contributed by atoms with Crippen molar-refractivity contribution < 1.29 is 24.2 Å². The summed E-state index contributed by atoms with van der Waals surface area (Å²) in [5, 5.41) is 18.8. The quantitative estimate of drug-likeness (QED) is 0.196. The standard InChI is InChI=1S/C34H39N5O5Si/c1-23-32(45(3,4)43)31(17-18-38-20-29(35-36-38)27(21-40)24-11-7-5-8-12-24)44-34(23)28-19-26(15-16-30(28)37(2)33(34)42)39(22-41)25-13-9-6-10-14-25/h5-16,19-20,22-23,27,31-32,40,43H,17-18,21H2,1-4H3/t23-,27?,31+,32-,34+/m1/s1. The Kier molecular flexibility index (Phi) is 8.21. The molecule has 1 aromatic heterocycles. The van der Waals surface area contributed by atoms with Crippen LogP contribution in [0.1, 0.15) is 36.1 Å². The summed E-state index contributed by atoms with van der Waals surface area (Å²) in [5.74, 6) is -0.797. The molecular formula is C34H39N5O5Si. The number of ether oxygens (including phenoxy) is 1. The van der Waals surface area contributed by atoms with Crippen molar-refractivity contribution in [1.29, 1.82) is 0 Å². The predicted octanol–water partition coefficient (Wildman–Crippen LogP) is 4.56. The molecule has 6 rings (SSSR count). The number of fused-ring (bicyclic) bond motifs is 2. The summed E-state index contributed by atoms with van der Waals surface area (Å²) < 4.78 is 8.62. The SMILES string of the molecule is C[C@@H]1[C@@H]([Si](C)(C)O)[C@H](CCn2cc(C(CO)c3ccccc3)nn2)O[C@@]12C(=O)N(C)c1ccc(N(C=O)c3ccccc3)cc12. The van der Waals surface area contributed by atoms with E-state index in [2.05, 4.69) is 10.3 Å². The Morgan fingerprint density at radius 3 is 2.40 bits per heavy atom. The third-order valence-electron chi connectivity index (χ3n) is 9.46. The molecule has 0 bridgehead atoms. The largest absolute Gasteiger partial charge is 0.432 e. The minimum Gasteiger partial charge on any atom is -0.432 e. The number of hydrogen-bond donors (Lipinski definition) is 2. The second-order valence-electron chi connectivity index (χ2n) is 12.6. The molecule has 2 aliphatic rings. The number of rotatable bonds is 10. The monoisotopic (exact) mass is 625 g/mol. The van der Waals surface area contributed by atoms with Gasteiger partial charge in [0.25, 0.3) is 5.91 Å². The first-order valence-electron chi connectivity index (χ1n) is 15.3. The molecule has 10 nitrogen and oxygen atoms in total. The molecular weight excluding hydrogens is 586 g/mol. The van der Waals surface area contributed by atoms with Gasteiger partial charge in [0.1, 0.15) is 0 Å². The number of anilines is 3. The maximum absolute atomic E-state index is 14.2. The number of amides is 2. The summed E-state index contributed by atoms with van der Waals surface area (Å²) in [5.41, 5.74) is 2.82. The number of carbonyl (C=O) groups is 2. The van der Waals surface area contributed by atoms with Crippen molar-refractivity contribution in [3.8, 4) is 0 Å². The summed E-state index contributed by atoms with van der Waals surface area (Å²) in [6.45, 7) is 6.15. The van der Waals surface area contributed by atoms with Gasteiger partial charge >= 0.3 is 0 Å². The first kappa shape index (κ1) is 30.8. The highest BCUT2D eigenvalue weighted by Crippen LogP contribution is 2.59. The Labute approximate surface area is 264 Å². The van der Waals surface area contributed by atoms with Crippen molar-refractivity contribution >= 4 is 37.7 Å². The van der Waals surface area contributed by atoms with Crippen LogP contribution in [0.15, 0.2) is 85.1 Å². The van der Waals surface area contributed by atoms with Gasteiger partial charge < -0.3 is 19.5 Å². The molecule has 3 aromatic carbocycles. The molecule has 5 atom stereocenters. The average molecular weight is 626 g/mol. The molecule has 0 saturated carbocycles. The van der Waals surface area contributed by atoms with E-state index in [1.165, 1.54) is 0 Å². The van der Waals surface area contributed by atoms with Crippen molar-refractivity contribution in [3.63, 3.8) is 0 Å². The number of aromatic nitrogens is 3. The summed E-state index contributed by atoms with van der Waals surface area (Å²) in [6, 6.07) is 24.6. The first-order valence-corrected chi connectivity index (χ1v) is 18.3. The van der Waals surface area contributed by atoms with E-state index in [4.69, 9.17) is 4.74 Å². The maximum Gasteiger partial charge on any atom is 0.264 e. The van der Waals surface area contributed by atoms with Crippen molar-refractivity contribution in [3.05, 3.63) is 102 Å². The molecule has 0 aliphatic carbocycles. The summed E-state index contributed by atoms with van der Waals surface area (Å²) in [6.07, 6.45) is 2.68. The number of hydrogen-bond acceptors (Lipinski definition) is 7. The van der Waals surface area contributed by atoms with Crippen LogP contribution in [-0.2, 0) is 26.5 Å². The number of nitrogens with zero attached hydrogens (tertiary/aromatic N) is 5. The van der Waals surface area contributed by atoms with Crippen molar-refractivity contribution in [2.75, 3.05) is 23.5 Å². The fourth-order valence-electron chi connectivity index (χ4n) is 7.35. The molecule has 4 aromatic rings. The lowest BCUT2D eigenvalue weighted by Gasteiger charge is -2.32. The molecule has 3 heterocycles. The number of aryl methyl sites for hydroxylation is 1. The van der Waals surface area contributed by atoms with Crippen LogP contribution in [0, 0.1) is 5.92 Å². The van der Waals surface area contributed by atoms with Crippen molar-refractivity contribution in [2.24, 2.45) is 5.92 Å². The Balaban J connectivity index is 1.31. The van der Waals surface area contributed by atoms with E-state index >= 15 is 0 Å². The normalized spacial score (nSPS) is 23.4. The molecule has 2 aliphatic heterocycles. The Morgan fingerprint density at radius 1 is 1.07 bits per heavy atom. The minimum absolute atomic E-state index is 0.0936. The molecule has 234 valence electrons. The van der Waals surface area contributed by atoms with Crippen LogP contribution in [0.5, 0.6) is 0 Å². The van der Waals surface area contributed by atoms with Gasteiger partial charge in [0.05, 0.1) is 30.0 Å². The summed E-state index contributed by atoms with van der Waals surface area (Å²) in [4.78, 5) is 41.2. The fourth-order valence-corrected chi connectivity index (χ4v) is 9.95. The third kappa shape index (κ3) is 5.29. The van der Waals surface area contributed by atoms with Crippen LogP contribution in [0.2, 0.25) is 18.6 Å². The Morgan fingerprint density at radius 2 is 1.76 bits per heavy atom. The average Bonchev–Trinajstić information content (AvgIpc) is 3.68. The van der Waals surface area contributed by atoms with Gasteiger partial charge in [-0.3, -0.25) is 19.2 Å². The van der Waals surface area contributed by atoms with Gasteiger partial charge in [-0.2, -0.15) is 0 Å². The zero-order chi connectivity index (χ0) is 31.9. The third-order valence-corrected chi connectivity index (χ3v) is 12.0. The lowest BCUT2D eigenvalue weighted by molar-refractivity contribution is -0.145. The molecule has 1 spiro atoms. The highest BCUT2D eigenvalue weighted by atomic mass is 28.4. The lowest BCUT2D eigenvalue weighted by Crippen LogP contribution is -2.45. The van der Waals surface area contributed by atoms with Gasteiger partial charge in [-0.1, -0.05) is 60.7 Å². The predicted molar refractivity (Wildman–Crippen MR) is 174 cm³/mol. The number of benzene rings is 3.